The predicted octanol–water partition coefficient (Wildman–Crippen LogP) is -0.218. The van der Waals surface area contributed by atoms with Crippen LogP contribution in [0.2, 0.25) is 0 Å². The molecule has 90 valence electrons. The highest BCUT2D eigenvalue weighted by molar-refractivity contribution is 7.81. The lowest BCUT2D eigenvalue weighted by Crippen LogP contribution is -2.28. The van der Waals surface area contributed by atoms with Gasteiger partial charge in [0, 0.05) is 18.2 Å². The number of anilines is 1. The van der Waals surface area contributed by atoms with Gasteiger partial charge in [0.25, 0.3) is 0 Å². The van der Waals surface area contributed by atoms with Crippen LogP contribution in [0.1, 0.15) is 12.0 Å². The zero-order valence-electron chi connectivity index (χ0n) is 9.07. The van der Waals surface area contributed by atoms with Crippen LogP contribution in [-0.2, 0) is 11.3 Å². The first-order valence-corrected chi connectivity index (χ1v) is 5.74. The zero-order valence-corrected chi connectivity index (χ0v) is 9.97. The maximum absolute atomic E-state index is 11.8. The van der Waals surface area contributed by atoms with Crippen LogP contribution >= 0.6 is 12.6 Å². The number of aromatic nitrogens is 2. The summed E-state index contributed by atoms with van der Waals surface area (Å²) < 4.78 is 1.47. The van der Waals surface area contributed by atoms with Crippen molar-refractivity contribution < 1.29 is 9.90 Å². The van der Waals surface area contributed by atoms with Crippen molar-refractivity contribution >= 4 is 24.4 Å². The molecule has 0 bridgehead atoms. The van der Waals surface area contributed by atoms with Crippen molar-refractivity contribution in [1.82, 2.24) is 9.78 Å². The molecule has 1 aliphatic heterocycles. The number of amides is 1. The molecule has 1 saturated heterocycles. The van der Waals surface area contributed by atoms with Gasteiger partial charge in [0.2, 0.25) is 5.91 Å². The standard InChI is InChI=1S/C10H12N4O2S/c11-4-7-5-12-14(1-2-15)10(7)13-6-8(17)3-9(13)16/h5,8,15,17H,1-3,6H2. The Morgan fingerprint density at radius 3 is 3.00 bits per heavy atom. The minimum absolute atomic E-state index is 0.0217. The van der Waals surface area contributed by atoms with Crippen LogP contribution < -0.4 is 4.90 Å². The lowest BCUT2D eigenvalue weighted by atomic mass is 10.3. The fourth-order valence-corrected chi connectivity index (χ4v) is 2.21. The van der Waals surface area contributed by atoms with E-state index in [1.54, 1.807) is 0 Å². The number of carbonyl (C=O) groups excluding carboxylic acids is 1. The summed E-state index contributed by atoms with van der Waals surface area (Å²) in [5.41, 5.74) is 0.342. The number of rotatable bonds is 3. The average Bonchev–Trinajstić information content (AvgIpc) is 2.82. The number of carbonyl (C=O) groups is 1. The zero-order chi connectivity index (χ0) is 12.4. The molecule has 7 heteroatoms. The normalized spacial score (nSPS) is 19.7. The van der Waals surface area contributed by atoms with Crippen LogP contribution in [-0.4, -0.2) is 39.2 Å². The van der Waals surface area contributed by atoms with Gasteiger partial charge in [-0.1, -0.05) is 0 Å². The van der Waals surface area contributed by atoms with Crippen molar-refractivity contribution in [2.45, 2.75) is 18.2 Å². The summed E-state index contributed by atoms with van der Waals surface area (Å²) in [6.45, 7) is 0.637. The van der Waals surface area contributed by atoms with E-state index >= 15 is 0 Å². The Morgan fingerprint density at radius 1 is 1.71 bits per heavy atom. The first kappa shape index (κ1) is 12.0. The van der Waals surface area contributed by atoms with E-state index in [9.17, 15) is 4.79 Å². The predicted molar refractivity (Wildman–Crippen MR) is 63.8 cm³/mol. The molecule has 2 heterocycles. The molecule has 1 aromatic heterocycles. The Kier molecular flexibility index (Phi) is 3.36. The summed E-state index contributed by atoms with van der Waals surface area (Å²) in [4.78, 5) is 13.3. The van der Waals surface area contributed by atoms with Gasteiger partial charge in [-0.25, -0.2) is 4.68 Å². The van der Waals surface area contributed by atoms with Crippen molar-refractivity contribution in [2.75, 3.05) is 18.1 Å². The van der Waals surface area contributed by atoms with Crippen molar-refractivity contribution in [3.63, 3.8) is 0 Å². The average molecular weight is 252 g/mol. The van der Waals surface area contributed by atoms with Crippen molar-refractivity contribution in [3.05, 3.63) is 11.8 Å². The first-order valence-electron chi connectivity index (χ1n) is 5.22. The van der Waals surface area contributed by atoms with Gasteiger partial charge in [0.05, 0.1) is 19.3 Å². The van der Waals surface area contributed by atoms with E-state index in [1.165, 1.54) is 15.8 Å². The molecule has 1 aromatic rings. The lowest BCUT2D eigenvalue weighted by Gasteiger charge is -2.17. The summed E-state index contributed by atoms with van der Waals surface area (Å²) in [6, 6.07) is 2.00. The second kappa shape index (κ2) is 4.77. The molecule has 1 unspecified atom stereocenters. The van der Waals surface area contributed by atoms with E-state index in [0.717, 1.165) is 0 Å². The number of hydrogen-bond donors (Lipinski definition) is 2. The van der Waals surface area contributed by atoms with E-state index in [0.29, 0.717) is 24.3 Å². The highest BCUT2D eigenvalue weighted by Crippen LogP contribution is 2.26. The summed E-state index contributed by atoms with van der Waals surface area (Å²) in [6.07, 6.45) is 1.77. The van der Waals surface area contributed by atoms with Gasteiger partial charge < -0.3 is 5.11 Å². The number of hydrogen-bond acceptors (Lipinski definition) is 5. The van der Waals surface area contributed by atoms with Crippen LogP contribution in [0, 0.1) is 11.3 Å². The monoisotopic (exact) mass is 252 g/mol. The molecule has 17 heavy (non-hydrogen) atoms. The molecule has 6 nitrogen and oxygen atoms in total. The summed E-state index contributed by atoms with van der Waals surface area (Å²) in [5.74, 6) is 0.393. The van der Waals surface area contributed by atoms with Gasteiger partial charge in [0.1, 0.15) is 11.6 Å². The van der Waals surface area contributed by atoms with Gasteiger partial charge >= 0.3 is 0 Å². The largest absolute Gasteiger partial charge is 0.394 e. The molecule has 1 fully saturated rings. The highest BCUT2D eigenvalue weighted by atomic mass is 32.1. The highest BCUT2D eigenvalue weighted by Gasteiger charge is 2.32. The minimum Gasteiger partial charge on any atom is -0.394 e. The lowest BCUT2D eigenvalue weighted by molar-refractivity contribution is -0.117. The molecule has 1 aliphatic rings. The Morgan fingerprint density at radius 2 is 2.47 bits per heavy atom. The summed E-state index contributed by atoms with van der Waals surface area (Å²) in [7, 11) is 0. The van der Waals surface area contributed by atoms with Crippen LogP contribution in [0.3, 0.4) is 0 Å². The fourth-order valence-electron chi connectivity index (χ4n) is 1.89. The minimum atomic E-state index is -0.0914. The van der Waals surface area contributed by atoms with Gasteiger partial charge in [-0.05, 0) is 0 Å². The van der Waals surface area contributed by atoms with Gasteiger partial charge in [0.15, 0.2) is 5.82 Å². The third-order valence-electron chi connectivity index (χ3n) is 2.60. The molecule has 2 rings (SSSR count). The van der Waals surface area contributed by atoms with Gasteiger partial charge in [-0.2, -0.15) is 23.0 Å². The summed E-state index contributed by atoms with van der Waals surface area (Å²) >= 11 is 4.27. The van der Waals surface area contributed by atoms with E-state index < -0.39 is 0 Å². The molecule has 0 aromatic carbocycles. The number of nitrogens with zero attached hydrogens (tertiary/aromatic N) is 4. The van der Waals surface area contributed by atoms with Crippen molar-refractivity contribution in [1.29, 1.82) is 5.26 Å². The second-order valence-corrected chi connectivity index (χ2v) is 4.53. The molecule has 0 spiro atoms. The molecular formula is C10H12N4O2S. The Balaban J connectivity index is 2.39. The van der Waals surface area contributed by atoms with E-state index in [-0.39, 0.29) is 24.3 Å². The number of aliphatic hydroxyl groups excluding tert-OH is 1. The van der Waals surface area contributed by atoms with Crippen molar-refractivity contribution in [3.8, 4) is 6.07 Å². The number of nitriles is 1. The smallest absolute Gasteiger partial charge is 0.229 e. The van der Waals surface area contributed by atoms with E-state index in [1.807, 2.05) is 6.07 Å². The fraction of sp³-hybridized carbons (Fsp3) is 0.500. The van der Waals surface area contributed by atoms with Crippen LogP contribution in [0.5, 0.6) is 0 Å². The second-order valence-electron chi connectivity index (χ2n) is 3.80. The topological polar surface area (TPSA) is 82.2 Å². The Hall–Kier alpha value is -1.52. The SMILES string of the molecule is N#Cc1cnn(CCO)c1N1CC(S)CC1=O. The first-order chi connectivity index (χ1) is 8.17. The van der Waals surface area contributed by atoms with Crippen LogP contribution in [0.4, 0.5) is 5.82 Å². The van der Waals surface area contributed by atoms with Gasteiger partial charge in [-0.15, -0.1) is 0 Å². The van der Waals surface area contributed by atoms with E-state index in [2.05, 4.69) is 17.7 Å². The molecule has 1 amide bonds. The molecule has 1 atom stereocenters. The van der Waals surface area contributed by atoms with E-state index in [4.69, 9.17) is 10.4 Å². The molecule has 0 saturated carbocycles. The van der Waals surface area contributed by atoms with Gasteiger partial charge in [-0.3, -0.25) is 9.69 Å². The number of thiol groups is 1. The third kappa shape index (κ3) is 2.14. The maximum Gasteiger partial charge on any atom is 0.229 e. The molecular weight excluding hydrogens is 240 g/mol. The van der Waals surface area contributed by atoms with Crippen LogP contribution in [0.15, 0.2) is 6.20 Å². The molecule has 0 aliphatic carbocycles. The maximum atomic E-state index is 11.8. The number of aliphatic hydroxyl groups is 1. The van der Waals surface area contributed by atoms with Crippen LogP contribution in [0.25, 0.3) is 0 Å². The molecule has 0 radical (unpaired) electrons. The van der Waals surface area contributed by atoms with Crippen molar-refractivity contribution in [2.24, 2.45) is 0 Å². The Bertz CT molecular complexity index is 479. The summed E-state index contributed by atoms with van der Waals surface area (Å²) in [5, 5.41) is 21.9. The Labute approximate surface area is 104 Å². The third-order valence-corrected chi connectivity index (χ3v) is 2.95. The quantitative estimate of drug-likeness (QED) is 0.729. The molecule has 1 N–H and O–H groups in total.